The van der Waals surface area contributed by atoms with Crippen LogP contribution in [0.1, 0.15) is 11.1 Å². The molecule has 1 atom stereocenters. The van der Waals surface area contributed by atoms with Crippen LogP contribution in [-0.2, 0) is 22.7 Å². The van der Waals surface area contributed by atoms with E-state index in [2.05, 4.69) is 22.2 Å². The Morgan fingerprint density at radius 1 is 0.931 bits per heavy atom. The van der Waals surface area contributed by atoms with Gasteiger partial charge in [0.2, 0.25) is 5.96 Å². The third-order valence-electron chi connectivity index (χ3n) is 3.62. The Hall–Kier alpha value is -3.65. The van der Waals surface area contributed by atoms with Crippen LogP contribution in [0.4, 0.5) is 9.59 Å². The number of carbonyl (C=O) groups excluding carboxylic acids is 2. The summed E-state index contributed by atoms with van der Waals surface area (Å²) in [7, 11) is 0. The van der Waals surface area contributed by atoms with Crippen LogP contribution in [0.2, 0.25) is 0 Å². The van der Waals surface area contributed by atoms with Gasteiger partial charge in [-0.25, -0.2) is 14.6 Å². The molecule has 0 radical (unpaired) electrons. The van der Waals surface area contributed by atoms with Crippen LogP contribution >= 0.6 is 0 Å². The lowest BCUT2D eigenvalue weighted by Gasteiger charge is -2.13. The van der Waals surface area contributed by atoms with Crippen LogP contribution in [0.5, 0.6) is 0 Å². The number of benzene rings is 2. The Balaban J connectivity index is 1.93. The highest BCUT2D eigenvalue weighted by atomic mass is 16.6. The molecule has 3 N–H and O–H groups in total. The second kappa shape index (κ2) is 11.9. The molecule has 0 aliphatic rings. The van der Waals surface area contributed by atoms with Crippen molar-refractivity contribution in [2.24, 2.45) is 4.99 Å². The van der Waals surface area contributed by atoms with Crippen LogP contribution in [0.3, 0.4) is 0 Å². The Labute approximate surface area is 168 Å². The summed E-state index contributed by atoms with van der Waals surface area (Å²) in [5.74, 6) is -0.222. The molecule has 8 nitrogen and oxygen atoms in total. The van der Waals surface area contributed by atoms with E-state index in [1.54, 1.807) is 24.3 Å². The second-order valence-electron chi connectivity index (χ2n) is 5.84. The van der Waals surface area contributed by atoms with Crippen molar-refractivity contribution in [2.75, 3.05) is 6.61 Å². The van der Waals surface area contributed by atoms with Crippen molar-refractivity contribution in [3.8, 4) is 0 Å². The fourth-order valence-electron chi connectivity index (χ4n) is 2.14. The summed E-state index contributed by atoms with van der Waals surface area (Å²) in [6.07, 6.45) is -0.276. The zero-order valence-corrected chi connectivity index (χ0v) is 15.8. The smallest absolute Gasteiger partial charge is 0.414 e. The van der Waals surface area contributed by atoms with Gasteiger partial charge in [0.15, 0.2) is 0 Å². The molecule has 29 heavy (non-hydrogen) atoms. The van der Waals surface area contributed by atoms with Crippen molar-refractivity contribution < 1.29 is 24.2 Å². The monoisotopic (exact) mass is 397 g/mol. The predicted molar refractivity (Wildman–Crippen MR) is 108 cm³/mol. The van der Waals surface area contributed by atoms with E-state index in [1.807, 2.05) is 36.4 Å². The first-order chi connectivity index (χ1) is 14.1. The number of nitrogens with one attached hydrogen (secondary N) is 2. The zero-order valence-electron chi connectivity index (χ0n) is 15.8. The highest BCUT2D eigenvalue weighted by molar-refractivity contribution is 6.01. The lowest BCUT2D eigenvalue weighted by molar-refractivity contribution is 0.141. The van der Waals surface area contributed by atoms with Crippen molar-refractivity contribution in [3.05, 3.63) is 84.4 Å². The fraction of sp³-hybridized carbons (Fsp3) is 0.190. The van der Waals surface area contributed by atoms with Crippen molar-refractivity contribution >= 4 is 18.1 Å². The Morgan fingerprint density at radius 3 is 1.76 bits per heavy atom. The number of carbonyl (C=O) groups is 2. The van der Waals surface area contributed by atoms with Crippen molar-refractivity contribution in [2.45, 2.75) is 19.3 Å². The van der Waals surface area contributed by atoms with Gasteiger partial charge in [0, 0.05) is 0 Å². The molecule has 0 unspecified atom stereocenters. The minimum Gasteiger partial charge on any atom is -0.444 e. The number of alkyl carbamates (subject to hydrolysis) is 2. The molecule has 0 aliphatic carbocycles. The van der Waals surface area contributed by atoms with E-state index in [1.165, 1.54) is 6.08 Å². The number of aliphatic hydroxyl groups is 1. The van der Waals surface area contributed by atoms with Gasteiger partial charge in [0.05, 0.1) is 12.6 Å². The van der Waals surface area contributed by atoms with Crippen LogP contribution in [0.25, 0.3) is 0 Å². The number of aliphatic imine (C=N–C) groups is 1. The molecule has 0 saturated carbocycles. The first kappa shape index (κ1) is 21.6. The Kier molecular flexibility index (Phi) is 8.91. The average molecular weight is 397 g/mol. The minimum absolute atomic E-state index is 0.0449. The summed E-state index contributed by atoms with van der Waals surface area (Å²) < 4.78 is 10.2. The van der Waals surface area contributed by atoms with E-state index < -0.39 is 18.2 Å². The van der Waals surface area contributed by atoms with E-state index in [-0.39, 0.29) is 25.8 Å². The first-order valence-electron chi connectivity index (χ1n) is 8.87. The van der Waals surface area contributed by atoms with Gasteiger partial charge in [0.25, 0.3) is 0 Å². The molecule has 2 amide bonds. The average Bonchev–Trinajstić information content (AvgIpc) is 2.76. The van der Waals surface area contributed by atoms with Crippen LogP contribution in [-0.4, -0.2) is 35.9 Å². The van der Waals surface area contributed by atoms with Crippen LogP contribution < -0.4 is 10.6 Å². The molecular formula is C21H23N3O5. The van der Waals surface area contributed by atoms with Gasteiger partial charge in [-0.1, -0.05) is 66.7 Å². The minimum atomic E-state index is -0.822. The number of rotatable bonds is 7. The molecule has 0 bridgehead atoms. The molecule has 2 rings (SSSR count). The molecule has 0 aliphatic heterocycles. The molecule has 0 fully saturated rings. The van der Waals surface area contributed by atoms with E-state index >= 15 is 0 Å². The third kappa shape index (κ3) is 8.27. The largest absolute Gasteiger partial charge is 0.444 e. The van der Waals surface area contributed by atoms with E-state index in [9.17, 15) is 14.7 Å². The normalized spacial score (nSPS) is 10.9. The SMILES string of the molecule is C=C[C@H](CO)N=C(NC(=O)OCc1ccccc1)NC(=O)OCc1ccccc1. The number of nitrogens with zero attached hydrogens (tertiary/aromatic N) is 1. The molecule has 2 aromatic carbocycles. The summed E-state index contributed by atoms with van der Waals surface area (Å²) in [5, 5.41) is 13.9. The summed E-state index contributed by atoms with van der Waals surface area (Å²) >= 11 is 0. The van der Waals surface area contributed by atoms with Gasteiger partial charge >= 0.3 is 12.2 Å². The number of aliphatic hydroxyl groups excluding tert-OH is 1. The highest BCUT2D eigenvalue weighted by Crippen LogP contribution is 2.02. The molecule has 8 heteroatoms. The number of guanidine groups is 1. The summed E-state index contributed by atoms with van der Waals surface area (Å²) in [4.78, 5) is 28.1. The zero-order chi connectivity index (χ0) is 20.9. The van der Waals surface area contributed by atoms with Gasteiger partial charge < -0.3 is 14.6 Å². The number of hydrogen-bond donors (Lipinski definition) is 3. The highest BCUT2D eigenvalue weighted by Gasteiger charge is 2.14. The van der Waals surface area contributed by atoms with Gasteiger partial charge in [-0.3, -0.25) is 10.6 Å². The third-order valence-corrected chi connectivity index (χ3v) is 3.62. The topological polar surface area (TPSA) is 109 Å². The lowest BCUT2D eigenvalue weighted by atomic mass is 10.2. The van der Waals surface area contributed by atoms with Crippen molar-refractivity contribution in [3.63, 3.8) is 0 Å². The van der Waals surface area contributed by atoms with Crippen molar-refractivity contribution in [1.82, 2.24) is 10.6 Å². The molecule has 2 aromatic rings. The van der Waals surface area contributed by atoms with Gasteiger partial charge in [0.1, 0.15) is 13.2 Å². The number of amides is 2. The van der Waals surface area contributed by atoms with Crippen molar-refractivity contribution in [1.29, 1.82) is 0 Å². The molecular weight excluding hydrogens is 374 g/mol. The molecule has 0 heterocycles. The Bertz CT molecular complexity index is 765. The summed E-state index contributed by atoms with van der Waals surface area (Å²) in [6, 6.07) is 17.5. The van der Waals surface area contributed by atoms with E-state index in [0.29, 0.717) is 0 Å². The van der Waals surface area contributed by atoms with Gasteiger partial charge in [-0.2, -0.15) is 0 Å². The molecule has 0 aromatic heterocycles. The fourth-order valence-corrected chi connectivity index (χ4v) is 2.14. The van der Waals surface area contributed by atoms with Gasteiger partial charge in [-0.05, 0) is 11.1 Å². The molecule has 152 valence electrons. The first-order valence-corrected chi connectivity index (χ1v) is 8.87. The molecule has 0 saturated heterocycles. The van der Waals surface area contributed by atoms with E-state index in [4.69, 9.17) is 9.47 Å². The Morgan fingerprint density at radius 2 is 1.38 bits per heavy atom. The van der Waals surface area contributed by atoms with Crippen LogP contribution in [0, 0.1) is 0 Å². The standard InChI is InChI=1S/C21H23N3O5/c1-2-18(13-25)22-19(23-20(26)28-14-16-9-5-3-6-10-16)24-21(27)29-15-17-11-7-4-8-12-17/h2-12,18,25H,1,13-15H2,(H2,22,23,24,26,27)/t18-/m1/s1. The maximum absolute atomic E-state index is 12.1. The lowest BCUT2D eigenvalue weighted by Crippen LogP contribution is -2.45. The predicted octanol–water partition coefficient (Wildman–Crippen LogP) is 2.74. The maximum atomic E-state index is 12.1. The number of ether oxygens (including phenoxy) is 2. The maximum Gasteiger partial charge on any atom is 0.414 e. The summed E-state index contributed by atoms with van der Waals surface area (Å²) in [5.41, 5.74) is 1.60. The van der Waals surface area contributed by atoms with Crippen LogP contribution in [0.15, 0.2) is 78.3 Å². The quantitative estimate of drug-likeness (QED) is 0.378. The summed E-state index contributed by atoms with van der Waals surface area (Å²) in [6.45, 7) is 3.28. The van der Waals surface area contributed by atoms with Gasteiger partial charge in [-0.15, -0.1) is 6.58 Å². The second-order valence-corrected chi connectivity index (χ2v) is 5.84. The number of hydrogen-bond acceptors (Lipinski definition) is 6. The molecule has 0 spiro atoms. The van der Waals surface area contributed by atoms with E-state index in [0.717, 1.165) is 11.1 Å².